The van der Waals surface area contributed by atoms with Crippen LogP contribution in [0.4, 0.5) is 8.78 Å². The van der Waals surface area contributed by atoms with Crippen LogP contribution < -0.4 is 15.5 Å². The van der Waals surface area contributed by atoms with E-state index >= 15 is 0 Å². The second kappa shape index (κ2) is 8.07. The summed E-state index contributed by atoms with van der Waals surface area (Å²) in [4.78, 5) is 24.7. The minimum absolute atomic E-state index is 0.0462. The maximum atomic E-state index is 13.6. The van der Waals surface area contributed by atoms with Crippen molar-refractivity contribution in [2.45, 2.75) is 26.3 Å². The number of hydrogen-bond acceptors (Lipinski definition) is 5. The largest absolute Gasteiger partial charge is 0.491 e. The summed E-state index contributed by atoms with van der Waals surface area (Å²) in [7, 11) is 1.25. The predicted octanol–water partition coefficient (Wildman–Crippen LogP) is 0.684. The quantitative estimate of drug-likeness (QED) is 0.651. The lowest BCUT2D eigenvalue weighted by Crippen LogP contribution is -2.31. The van der Waals surface area contributed by atoms with Crippen LogP contribution in [0.25, 0.3) is 0 Å². The smallest absolute Gasteiger partial charge is 0.257 e. The molecule has 0 bridgehead atoms. The summed E-state index contributed by atoms with van der Waals surface area (Å²) in [5.74, 6) is -2.50. The Morgan fingerprint density at radius 3 is 2.62 bits per heavy atom. The van der Waals surface area contributed by atoms with E-state index in [-0.39, 0.29) is 30.0 Å². The first-order valence-corrected chi connectivity index (χ1v) is 7.61. The number of nitrogens with one attached hydrogen (secondary N) is 1. The first kappa shape index (κ1) is 19.5. The number of methoxy groups -OCH3 is 1. The van der Waals surface area contributed by atoms with Crippen molar-refractivity contribution < 1.29 is 28.5 Å². The molecular weight excluding hydrogens is 350 g/mol. The molecule has 1 aromatic carbocycles. The van der Waals surface area contributed by atoms with Gasteiger partial charge in [0.25, 0.3) is 5.91 Å². The number of aliphatic hydroxyl groups excluding tert-OH is 1. The molecule has 9 heteroatoms. The van der Waals surface area contributed by atoms with Gasteiger partial charge in [0.15, 0.2) is 12.0 Å². The van der Waals surface area contributed by atoms with Gasteiger partial charge in [-0.3, -0.25) is 9.59 Å². The van der Waals surface area contributed by atoms with E-state index in [0.29, 0.717) is 11.8 Å². The molecule has 3 N–H and O–H groups in total. The molecule has 26 heavy (non-hydrogen) atoms. The maximum Gasteiger partial charge on any atom is 0.257 e. The fraction of sp³-hybridized carbons (Fsp3) is 0.294. The zero-order chi connectivity index (χ0) is 19.4. The molecule has 1 aromatic heterocycles. The first-order chi connectivity index (χ1) is 12.2. The van der Waals surface area contributed by atoms with Gasteiger partial charge in [-0.2, -0.15) is 0 Å². The van der Waals surface area contributed by atoms with Crippen molar-refractivity contribution in [3.8, 4) is 5.75 Å². The van der Waals surface area contributed by atoms with E-state index in [1.807, 2.05) is 0 Å². The number of carbonyl (C=O) groups is 1. The number of carbonyl (C=O) groups excluding carboxylic acids is 1. The fourth-order valence-electron chi connectivity index (χ4n) is 2.43. The van der Waals surface area contributed by atoms with Crippen LogP contribution in [0.15, 0.2) is 29.2 Å². The Morgan fingerprint density at radius 1 is 1.35 bits per heavy atom. The van der Waals surface area contributed by atoms with Crippen molar-refractivity contribution in [3.05, 3.63) is 63.1 Å². The van der Waals surface area contributed by atoms with Crippen LogP contribution in [-0.4, -0.2) is 34.1 Å². The standard InChI is InChI=1S/C17H18F2N2O5/c1-9-16(26-2)15(24)12(7-21(9)8-14(22)23)17(25)20-6-10-3-4-11(18)5-13(10)19/h3-5,7,14,22-23H,6,8H2,1-2H3,(H,20,25). The van der Waals surface area contributed by atoms with Gasteiger partial charge in [-0.1, -0.05) is 6.07 Å². The summed E-state index contributed by atoms with van der Waals surface area (Å²) in [6.45, 7) is 0.983. The number of hydrogen-bond donors (Lipinski definition) is 3. The van der Waals surface area contributed by atoms with E-state index in [2.05, 4.69) is 5.32 Å². The van der Waals surface area contributed by atoms with E-state index < -0.39 is 29.3 Å². The van der Waals surface area contributed by atoms with Crippen LogP contribution >= 0.6 is 0 Å². The molecule has 0 spiro atoms. The van der Waals surface area contributed by atoms with Gasteiger partial charge in [-0.05, 0) is 13.0 Å². The number of aromatic nitrogens is 1. The van der Waals surface area contributed by atoms with Crippen LogP contribution in [-0.2, 0) is 13.1 Å². The highest BCUT2D eigenvalue weighted by Crippen LogP contribution is 2.15. The van der Waals surface area contributed by atoms with Crippen LogP contribution in [0.5, 0.6) is 5.75 Å². The Balaban J connectivity index is 2.31. The van der Waals surface area contributed by atoms with Crippen molar-refractivity contribution in [3.63, 3.8) is 0 Å². The van der Waals surface area contributed by atoms with Crippen molar-refractivity contribution in [1.82, 2.24) is 9.88 Å². The zero-order valence-electron chi connectivity index (χ0n) is 14.1. The van der Waals surface area contributed by atoms with Crippen LogP contribution in [0.3, 0.4) is 0 Å². The molecule has 0 saturated carbocycles. The van der Waals surface area contributed by atoms with E-state index in [0.717, 1.165) is 12.3 Å². The number of benzene rings is 1. The molecule has 2 aromatic rings. The van der Waals surface area contributed by atoms with Gasteiger partial charge in [0, 0.05) is 24.4 Å². The third-order valence-corrected chi connectivity index (χ3v) is 3.76. The maximum absolute atomic E-state index is 13.6. The van der Waals surface area contributed by atoms with Crippen molar-refractivity contribution >= 4 is 5.91 Å². The fourth-order valence-corrected chi connectivity index (χ4v) is 2.43. The number of nitrogens with zero attached hydrogens (tertiary/aromatic N) is 1. The number of ether oxygens (including phenoxy) is 1. The minimum Gasteiger partial charge on any atom is -0.491 e. The molecule has 140 valence electrons. The summed E-state index contributed by atoms with van der Waals surface area (Å²) in [5, 5.41) is 20.7. The molecule has 0 aliphatic carbocycles. The second-order valence-electron chi connectivity index (χ2n) is 5.54. The van der Waals surface area contributed by atoms with Gasteiger partial charge in [-0.15, -0.1) is 0 Å². The van der Waals surface area contributed by atoms with Crippen molar-refractivity contribution in [2.24, 2.45) is 0 Å². The predicted molar refractivity (Wildman–Crippen MR) is 87.7 cm³/mol. The molecule has 0 atom stereocenters. The Morgan fingerprint density at radius 2 is 2.04 bits per heavy atom. The molecule has 0 unspecified atom stereocenters. The lowest BCUT2D eigenvalue weighted by molar-refractivity contribution is -0.0518. The molecule has 0 saturated heterocycles. The van der Waals surface area contributed by atoms with Crippen molar-refractivity contribution in [1.29, 1.82) is 0 Å². The van der Waals surface area contributed by atoms with Gasteiger partial charge in [0.1, 0.15) is 17.2 Å². The third kappa shape index (κ3) is 4.24. The second-order valence-corrected chi connectivity index (χ2v) is 5.54. The summed E-state index contributed by atoms with van der Waals surface area (Å²) in [5.41, 5.74) is -0.641. The van der Waals surface area contributed by atoms with Crippen LogP contribution in [0.1, 0.15) is 21.6 Å². The summed E-state index contributed by atoms with van der Waals surface area (Å²) in [6, 6.07) is 2.92. The average Bonchev–Trinajstić information content (AvgIpc) is 2.56. The molecule has 7 nitrogen and oxygen atoms in total. The van der Waals surface area contributed by atoms with Gasteiger partial charge in [0.05, 0.1) is 19.3 Å². The number of halogens is 2. The molecule has 0 radical (unpaired) electrons. The highest BCUT2D eigenvalue weighted by Gasteiger charge is 2.19. The Kier molecular flexibility index (Phi) is 6.06. The van der Waals surface area contributed by atoms with Crippen LogP contribution in [0.2, 0.25) is 0 Å². The number of amides is 1. The third-order valence-electron chi connectivity index (χ3n) is 3.76. The Hall–Kier alpha value is -2.78. The molecular formula is C17H18F2N2O5. The number of pyridine rings is 1. The first-order valence-electron chi connectivity index (χ1n) is 7.61. The molecule has 1 heterocycles. The molecule has 1 amide bonds. The van der Waals surface area contributed by atoms with E-state index in [1.165, 1.54) is 24.7 Å². The number of rotatable bonds is 6. The Bertz CT molecular complexity index is 880. The summed E-state index contributed by atoms with van der Waals surface area (Å²) >= 11 is 0. The van der Waals surface area contributed by atoms with E-state index in [9.17, 15) is 18.4 Å². The lowest BCUT2D eigenvalue weighted by atomic mass is 10.1. The van der Waals surface area contributed by atoms with Gasteiger partial charge < -0.3 is 24.8 Å². The molecule has 0 aliphatic heterocycles. The zero-order valence-corrected chi connectivity index (χ0v) is 14.1. The highest BCUT2D eigenvalue weighted by molar-refractivity contribution is 5.94. The van der Waals surface area contributed by atoms with Gasteiger partial charge >= 0.3 is 0 Å². The average molecular weight is 368 g/mol. The van der Waals surface area contributed by atoms with Crippen LogP contribution in [0, 0.1) is 18.6 Å². The van der Waals surface area contributed by atoms with Gasteiger partial charge in [-0.25, -0.2) is 8.78 Å². The SMILES string of the molecule is COc1c(C)n(CC(O)O)cc(C(=O)NCc2ccc(F)cc2F)c1=O. The molecule has 2 rings (SSSR count). The monoisotopic (exact) mass is 368 g/mol. The molecule has 0 fully saturated rings. The van der Waals surface area contributed by atoms with Gasteiger partial charge in [0.2, 0.25) is 5.43 Å². The van der Waals surface area contributed by atoms with E-state index in [1.54, 1.807) is 0 Å². The normalized spacial score (nSPS) is 10.9. The van der Waals surface area contributed by atoms with Crippen molar-refractivity contribution in [2.75, 3.05) is 7.11 Å². The lowest BCUT2D eigenvalue weighted by Gasteiger charge is -2.16. The Labute approximate surface area is 147 Å². The van der Waals surface area contributed by atoms with E-state index in [4.69, 9.17) is 14.9 Å². The topological polar surface area (TPSA) is 101 Å². The summed E-state index contributed by atoms with van der Waals surface area (Å²) < 4.78 is 32.8. The molecule has 0 aliphatic rings. The number of aliphatic hydroxyl groups is 2. The minimum atomic E-state index is -1.70. The summed E-state index contributed by atoms with van der Waals surface area (Å²) in [6.07, 6.45) is -0.541. The highest BCUT2D eigenvalue weighted by atomic mass is 19.1.